The normalized spacial score (nSPS) is 30.9. The topological polar surface area (TPSA) is 37.3 Å². The molecule has 2 rings (SSSR count). The van der Waals surface area contributed by atoms with Crippen molar-refractivity contribution in [3.8, 4) is 0 Å². The van der Waals surface area contributed by atoms with Gasteiger partial charge in [0, 0.05) is 5.92 Å². The van der Waals surface area contributed by atoms with E-state index in [0.29, 0.717) is 0 Å². The van der Waals surface area contributed by atoms with Gasteiger partial charge in [-0.25, -0.2) is 0 Å². The second-order valence-corrected chi connectivity index (χ2v) is 4.04. The quantitative estimate of drug-likeness (QED) is 0.685. The molecular formula is C12H14O2. The fraction of sp³-hybridized carbons (Fsp3) is 0.417. The summed E-state index contributed by atoms with van der Waals surface area (Å²) < 4.78 is 0. The lowest BCUT2D eigenvalue weighted by Gasteiger charge is -2.31. The van der Waals surface area contributed by atoms with E-state index in [1.165, 1.54) is 5.56 Å². The molecule has 0 aromatic heterocycles. The Balaban J connectivity index is 2.43. The lowest BCUT2D eigenvalue weighted by molar-refractivity contribution is -0.116. The number of aliphatic hydroxyl groups is 1. The number of rotatable bonds is 1. The van der Waals surface area contributed by atoms with Gasteiger partial charge in [0.2, 0.25) is 0 Å². The zero-order valence-electron chi connectivity index (χ0n) is 8.18. The zero-order valence-corrected chi connectivity index (χ0v) is 8.18. The van der Waals surface area contributed by atoms with Gasteiger partial charge in [0.25, 0.3) is 0 Å². The van der Waals surface area contributed by atoms with Crippen LogP contribution in [0, 0.1) is 11.8 Å². The number of aliphatic hydroxyl groups excluding tert-OH is 1. The molecule has 0 fully saturated rings. The van der Waals surface area contributed by atoms with Crippen LogP contribution in [0.25, 0.3) is 0 Å². The van der Waals surface area contributed by atoms with Crippen LogP contribution in [0.1, 0.15) is 24.2 Å². The maximum Gasteiger partial charge on any atom is 0.126 e. The first kappa shape index (κ1) is 9.41. The average molecular weight is 190 g/mol. The van der Waals surface area contributed by atoms with Crippen molar-refractivity contribution in [2.45, 2.75) is 19.4 Å². The molecule has 1 aliphatic carbocycles. The summed E-state index contributed by atoms with van der Waals surface area (Å²) in [5.41, 5.74) is 2.09. The lowest BCUT2D eigenvalue weighted by Crippen LogP contribution is -2.28. The molecule has 0 radical (unpaired) electrons. The first-order valence-corrected chi connectivity index (χ1v) is 4.95. The van der Waals surface area contributed by atoms with Crippen LogP contribution in [-0.4, -0.2) is 11.4 Å². The number of carbonyl (C=O) groups is 1. The minimum absolute atomic E-state index is 0.234. The Labute approximate surface area is 83.6 Å². The van der Waals surface area contributed by atoms with E-state index >= 15 is 0 Å². The molecule has 1 aliphatic rings. The summed E-state index contributed by atoms with van der Waals surface area (Å²) in [6.07, 6.45) is 1.15. The average Bonchev–Trinajstić information content (AvgIpc) is 2.18. The highest BCUT2D eigenvalue weighted by Crippen LogP contribution is 2.36. The Bertz CT molecular complexity index is 346. The predicted molar refractivity (Wildman–Crippen MR) is 53.8 cm³/mol. The lowest BCUT2D eigenvalue weighted by atomic mass is 9.75. The van der Waals surface area contributed by atoms with Gasteiger partial charge in [-0.15, -0.1) is 0 Å². The first-order valence-electron chi connectivity index (χ1n) is 4.95. The van der Waals surface area contributed by atoms with Gasteiger partial charge < -0.3 is 9.90 Å². The van der Waals surface area contributed by atoms with Crippen molar-refractivity contribution in [2.75, 3.05) is 0 Å². The Hall–Kier alpha value is -1.15. The van der Waals surface area contributed by atoms with Gasteiger partial charge in [0.15, 0.2) is 0 Å². The standard InChI is InChI=1S/C12H14O2/c1-8-6-9-4-2-3-5-10(9)12(14)11(8)7-13/h2-5,7-8,11-12,14H,6H2,1H3. The molecule has 0 aliphatic heterocycles. The van der Waals surface area contributed by atoms with E-state index in [0.717, 1.165) is 18.3 Å². The fourth-order valence-electron chi connectivity index (χ4n) is 2.22. The third-order valence-electron chi connectivity index (χ3n) is 3.09. The van der Waals surface area contributed by atoms with Crippen molar-refractivity contribution in [3.05, 3.63) is 35.4 Å². The van der Waals surface area contributed by atoms with E-state index in [1.807, 2.05) is 31.2 Å². The zero-order chi connectivity index (χ0) is 10.1. The third kappa shape index (κ3) is 1.36. The van der Waals surface area contributed by atoms with E-state index in [9.17, 15) is 9.90 Å². The van der Waals surface area contributed by atoms with Crippen LogP contribution in [0.5, 0.6) is 0 Å². The SMILES string of the molecule is CC1Cc2ccccc2C(O)C1C=O. The molecule has 3 unspecified atom stereocenters. The minimum Gasteiger partial charge on any atom is -0.388 e. The molecule has 0 spiro atoms. The number of fused-ring (bicyclic) bond motifs is 1. The van der Waals surface area contributed by atoms with Gasteiger partial charge in [-0.3, -0.25) is 0 Å². The van der Waals surface area contributed by atoms with Crippen LogP contribution in [0.3, 0.4) is 0 Å². The monoisotopic (exact) mass is 190 g/mol. The van der Waals surface area contributed by atoms with E-state index in [4.69, 9.17) is 0 Å². The molecule has 0 bridgehead atoms. The smallest absolute Gasteiger partial charge is 0.126 e. The van der Waals surface area contributed by atoms with E-state index in [2.05, 4.69) is 0 Å². The van der Waals surface area contributed by atoms with Crippen molar-refractivity contribution < 1.29 is 9.90 Å². The molecule has 3 atom stereocenters. The molecule has 14 heavy (non-hydrogen) atoms. The summed E-state index contributed by atoms with van der Waals surface area (Å²) in [6, 6.07) is 7.80. The number of benzene rings is 1. The Kier molecular flexibility index (Phi) is 2.38. The van der Waals surface area contributed by atoms with Gasteiger partial charge in [0.05, 0.1) is 6.10 Å². The molecular weight excluding hydrogens is 176 g/mol. The van der Waals surface area contributed by atoms with Crippen molar-refractivity contribution in [2.24, 2.45) is 11.8 Å². The first-order chi connectivity index (χ1) is 6.74. The van der Waals surface area contributed by atoms with Crippen LogP contribution >= 0.6 is 0 Å². The van der Waals surface area contributed by atoms with Crippen molar-refractivity contribution in [3.63, 3.8) is 0 Å². The van der Waals surface area contributed by atoms with Crippen LogP contribution < -0.4 is 0 Å². The third-order valence-corrected chi connectivity index (χ3v) is 3.09. The van der Waals surface area contributed by atoms with Gasteiger partial charge in [-0.2, -0.15) is 0 Å². The highest BCUT2D eigenvalue weighted by Gasteiger charge is 2.32. The Morgan fingerprint density at radius 3 is 2.86 bits per heavy atom. The van der Waals surface area contributed by atoms with E-state index in [-0.39, 0.29) is 11.8 Å². The summed E-state index contributed by atoms with van der Waals surface area (Å²) in [6.45, 7) is 2.01. The molecule has 0 saturated heterocycles. The van der Waals surface area contributed by atoms with E-state index < -0.39 is 6.10 Å². The molecule has 2 heteroatoms. The summed E-state index contributed by atoms with van der Waals surface area (Å²) in [7, 11) is 0. The molecule has 0 amide bonds. The summed E-state index contributed by atoms with van der Waals surface area (Å²) in [5, 5.41) is 9.96. The summed E-state index contributed by atoms with van der Waals surface area (Å²) in [4.78, 5) is 10.8. The number of aldehydes is 1. The van der Waals surface area contributed by atoms with Crippen LogP contribution in [0.4, 0.5) is 0 Å². The van der Waals surface area contributed by atoms with E-state index in [1.54, 1.807) is 0 Å². The maximum absolute atomic E-state index is 10.8. The predicted octanol–water partition coefficient (Wildman–Crippen LogP) is 1.73. The van der Waals surface area contributed by atoms with Gasteiger partial charge in [0.1, 0.15) is 6.29 Å². The second-order valence-electron chi connectivity index (χ2n) is 4.04. The molecule has 0 saturated carbocycles. The second kappa shape index (κ2) is 3.54. The van der Waals surface area contributed by atoms with Crippen molar-refractivity contribution >= 4 is 6.29 Å². The van der Waals surface area contributed by atoms with Crippen molar-refractivity contribution in [1.82, 2.24) is 0 Å². The number of hydrogen-bond acceptors (Lipinski definition) is 2. The molecule has 1 aromatic rings. The summed E-state index contributed by atoms with van der Waals surface area (Å²) >= 11 is 0. The van der Waals surface area contributed by atoms with Crippen LogP contribution in [0.15, 0.2) is 24.3 Å². The van der Waals surface area contributed by atoms with Crippen LogP contribution in [-0.2, 0) is 11.2 Å². The molecule has 0 heterocycles. The Morgan fingerprint density at radius 2 is 2.14 bits per heavy atom. The Morgan fingerprint density at radius 1 is 1.43 bits per heavy atom. The van der Waals surface area contributed by atoms with Crippen molar-refractivity contribution in [1.29, 1.82) is 0 Å². The fourth-order valence-corrected chi connectivity index (χ4v) is 2.22. The highest BCUT2D eigenvalue weighted by molar-refractivity contribution is 5.57. The molecule has 74 valence electrons. The molecule has 1 aromatic carbocycles. The molecule has 2 nitrogen and oxygen atoms in total. The minimum atomic E-state index is -0.618. The summed E-state index contributed by atoms with van der Waals surface area (Å²) in [5.74, 6) is -0.0118. The van der Waals surface area contributed by atoms with Gasteiger partial charge in [-0.1, -0.05) is 31.2 Å². The molecule has 1 N–H and O–H groups in total. The van der Waals surface area contributed by atoms with Gasteiger partial charge in [-0.05, 0) is 23.5 Å². The highest BCUT2D eigenvalue weighted by atomic mass is 16.3. The largest absolute Gasteiger partial charge is 0.388 e. The van der Waals surface area contributed by atoms with Crippen LogP contribution in [0.2, 0.25) is 0 Å². The number of hydrogen-bond donors (Lipinski definition) is 1. The maximum atomic E-state index is 10.8. The van der Waals surface area contributed by atoms with Gasteiger partial charge >= 0.3 is 0 Å². The number of carbonyl (C=O) groups excluding carboxylic acids is 1.